The van der Waals surface area contributed by atoms with Crippen LogP contribution in [-0.2, 0) is 11.3 Å². The van der Waals surface area contributed by atoms with Gasteiger partial charge in [0.15, 0.2) is 11.6 Å². The lowest BCUT2D eigenvalue weighted by atomic mass is 9.89. The van der Waals surface area contributed by atoms with Crippen LogP contribution in [0.5, 0.6) is 11.5 Å². The third-order valence-corrected chi connectivity index (χ3v) is 4.89. The van der Waals surface area contributed by atoms with Crippen molar-refractivity contribution in [1.29, 1.82) is 0 Å². The fourth-order valence-corrected chi connectivity index (χ4v) is 3.14. The van der Waals surface area contributed by atoms with Crippen molar-refractivity contribution in [3.05, 3.63) is 94.8 Å². The quantitative estimate of drug-likeness (QED) is 0.398. The van der Waals surface area contributed by atoms with Gasteiger partial charge in [-0.15, -0.1) is 0 Å². The van der Waals surface area contributed by atoms with Crippen LogP contribution in [0.25, 0.3) is 0 Å². The van der Waals surface area contributed by atoms with Gasteiger partial charge in [0, 0.05) is 10.9 Å². The van der Waals surface area contributed by atoms with Gasteiger partial charge < -0.3 is 9.47 Å². The summed E-state index contributed by atoms with van der Waals surface area (Å²) in [5, 5.41) is 0.726. The van der Waals surface area contributed by atoms with E-state index in [4.69, 9.17) is 21.1 Å². The molecule has 0 spiro atoms. The van der Waals surface area contributed by atoms with Crippen molar-refractivity contribution in [2.75, 3.05) is 6.61 Å². The molecule has 0 fully saturated rings. The first kappa shape index (κ1) is 20.4. The summed E-state index contributed by atoms with van der Waals surface area (Å²) in [5.74, 6) is 1.09. The van der Waals surface area contributed by atoms with E-state index in [-0.39, 0.29) is 11.7 Å². The van der Waals surface area contributed by atoms with Crippen LogP contribution >= 0.6 is 11.6 Å². The standard InChI is InChI=1S/C24H24ClFO2/c1-17(2)22(19-9-11-20(25)12-10-19)16-27-15-18-8-13-23(26)24(14-18)28-21-6-4-3-5-7-21/h3-14,17,22H,15-16H2,1-2H3. The smallest absolute Gasteiger partial charge is 0.165 e. The minimum atomic E-state index is -0.395. The summed E-state index contributed by atoms with van der Waals surface area (Å²) in [5.41, 5.74) is 2.07. The summed E-state index contributed by atoms with van der Waals surface area (Å²) >= 11 is 5.99. The molecule has 0 amide bonds. The average Bonchev–Trinajstić information content (AvgIpc) is 2.69. The predicted molar refractivity (Wildman–Crippen MR) is 112 cm³/mol. The molecule has 3 rings (SSSR count). The molecular formula is C24H24ClFO2. The van der Waals surface area contributed by atoms with Gasteiger partial charge in [0.1, 0.15) is 5.75 Å². The zero-order valence-electron chi connectivity index (χ0n) is 16.1. The zero-order valence-corrected chi connectivity index (χ0v) is 16.8. The maximum Gasteiger partial charge on any atom is 0.165 e. The Bertz CT molecular complexity index is 879. The molecule has 28 heavy (non-hydrogen) atoms. The SMILES string of the molecule is CC(C)C(COCc1ccc(F)c(Oc2ccccc2)c1)c1ccc(Cl)cc1. The third kappa shape index (κ3) is 5.57. The monoisotopic (exact) mass is 398 g/mol. The molecule has 0 radical (unpaired) electrons. The minimum Gasteiger partial charge on any atom is -0.454 e. The Morgan fingerprint density at radius 3 is 2.32 bits per heavy atom. The normalized spacial score (nSPS) is 12.2. The number of hydrogen-bond donors (Lipinski definition) is 0. The number of benzene rings is 3. The molecule has 0 saturated heterocycles. The zero-order chi connectivity index (χ0) is 19.9. The number of halogens is 2. The Morgan fingerprint density at radius 2 is 1.64 bits per heavy atom. The van der Waals surface area contributed by atoms with E-state index in [1.807, 2.05) is 42.5 Å². The second-order valence-electron chi connectivity index (χ2n) is 7.10. The number of ether oxygens (including phenoxy) is 2. The van der Waals surface area contributed by atoms with Crippen LogP contribution in [0.3, 0.4) is 0 Å². The van der Waals surface area contributed by atoms with Gasteiger partial charge in [0.05, 0.1) is 13.2 Å². The highest BCUT2D eigenvalue weighted by atomic mass is 35.5. The first-order chi connectivity index (χ1) is 13.5. The van der Waals surface area contributed by atoms with E-state index in [1.165, 1.54) is 11.6 Å². The average molecular weight is 399 g/mol. The van der Waals surface area contributed by atoms with E-state index in [2.05, 4.69) is 13.8 Å². The van der Waals surface area contributed by atoms with Gasteiger partial charge in [-0.05, 0) is 53.4 Å². The molecule has 0 aliphatic carbocycles. The number of para-hydroxylation sites is 1. The summed E-state index contributed by atoms with van der Waals surface area (Å²) in [6.07, 6.45) is 0. The van der Waals surface area contributed by atoms with E-state index in [0.29, 0.717) is 24.9 Å². The lowest BCUT2D eigenvalue weighted by Gasteiger charge is -2.21. The van der Waals surface area contributed by atoms with Gasteiger partial charge in [-0.25, -0.2) is 4.39 Å². The molecule has 0 aromatic heterocycles. The summed E-state index contributed by atoms with van der Waals surface area (Å²) in [6, 6.07) is 21.9. The summed E-state index contributed by atoms with van der Waals surface area (Å²) in [4.78, 5) is 0. The van der Waals surface area contributed by atoms with Crippen LogP contribution in [0.15, 0.2) is 72.8 Å². The van der Waals surface area contributed by atoms with Crippen molar-refractivity contribution in [2.24, 2.45) is 5.92 Å². The lowest BCUT2D eigenvalue weighted by Crippen LogP contribution is -2.14. The van der Waals surface area contributed by atoms with Gasteiger partial charge in [0.25, 0.3) is 0 Å². The van der Waals surface area contributed by atoms with Crippen LogP contribution in [-0.4, -0.2) is 6.61 Å². The van der Waals surface area contributed by atoms with Crippen molar-refractivity contribution in [3.63, 3.8) is 0 Å². The molecule has 0 aliphatic rings. The highest BCUT2D eigenvalue weighted by Gasteiger charge is 2.16. The fourth-order valence-electron chi connectivity index (χ4n) is 3.02. The number of hydrogen-bond acceptors (Lipinski definition) is 2. The van der Waals surface area contributed by atoms with E-state index in [9.17, 15) is 4.39 Å². The van der Waals surface area contributed by atoms with Gasteiger partial charge >= 0.3 is 0 Å². The maximum atomic E-state index is 14.1. The Hall–Kier alpha value is -2.36. The molecule has 3 aromatic rings. The first-order valence-corrected chi connectivity index (χ1v) is 9.75. The van der Waals surface area contributed by atoms with Gasteiger partial charge in [-0.1, -0.05) is 61.8 Å². The Morgan fingerprint density at radius 1 is 0.929 bits per heavy atom. The van der Waals surface area contributed by atoms with Crippen LogP contribution in [0.4, 0.5) is 4.39 Å². The molecular weight excluding hydrogens is 375 g/mol. The minimum absolute atomic E-state index is 0.199. The second kappa shape index (κ2) is 9.72. The van der Waals surface area contributed by atoms with Crippen molar-refractivity contribution in [2.45, 2.75) is 26.4 Å². The molecule has 0 aliphatic heterocycles. The molecule has 4 heteroatoms. The first-order valence-electron chi connectivity index (χ1n) is 9.37. The molecule has 2 nitrogen and oxygen atoms in total. The van der Waals surface area contributed by atoms with E-state index in [0.717, 1.165) is 10.6 Å². The van der Waals surface area contributed by atoms with E-state index in [1.54, 1.807) is 24.3 Å². The molecule has 0 bridgehead atoms. The van der Waals surface area contributed by atoms with Gasteiger partial charge in [-0.3, -0.25) is 0 Å². The molecule has 146 valence electrons. The van der Waals surface area contributed by atoms with Crippen LogP contribution in [0, 0.1) is 11.7 Å². The van der Waals surface area contributed by atoms with Crippen LogP contribution < -0.4 is 4.74 Å². The predicted octanol–water partition coefficient (Wildman–Crippen LogP) is 7.23. The van der Waals surface area contributed by atoms with Crippen molar-refractivity contribution >= 4 is 11.6 Å². The highest BCUT2D eigenvalue weighted by Crippen LogP contribution is 2.28. The highest BCUT2D eigenvalue weighted by molar-refractivity contribution is 6.30. The lowest BCUT2D eigenvalue weighted by molar-refractivity contribution is 0.0956. The topological polar surface area (TPSA) is 18.5 Å². The Balaban J connectivity index is 1.63. The summed E-state index contributed by atoms with van der Waals surface area (Å²) in [7, 11) is 0. The third-order valence-electron chi connectivity index (χ3n) is 4.64. The van der Waals surface area contributed by atoms with E-state index >= 15 is 0 Å². The van der Waals surface area contributed by atoms with Crippen molar-refractivity contribution in [3.8, 4) is 11.5 Å². The van der Waals surface area contributed by atoms with Crippen LogP contribution in [0.2, 0.25) is 5.02 Å². The summed E-state index contributed by atoms with van der Waals surface area (Å²) < 4.78 is 25.7. The molecule has 0 saturated carbocycles. The maximum absolute atomic E-state index is 14.1. The summed E-state index contributed by atoms with van der Waals surface area (Å²) in [6.45, 7) is 5.31. The van der Waals surface area contributed by atoms with Crippen molar-refractivity contribution in [1.82, 2.24) is 0 Å². The largest absolute Gasteiger partial charge is 0.454 e. The Labute approximate surface area is 170 Å². The molecule has 0 N–H and O–H groups in total. The fraction of sp³-hybridized carbons (Fsp3) is 0.250. The number of rotatable bonds is 8. The molecule has 3 aromatic carbocycles. The van der Waals surface area contributed by atoms with Crippen LogP contribution in [0.1, 0.15) is 30.9 Å². The second-order valence-corrected chi connectivity index (χ2v) is 7.53. The van der Waals surface area contributed by atoms with Gasteiger partial charge in [-0.2, -0.15) is 0 Å². The van der Waals surface area contributed by atoms with E-state index < -0.39 is 5.82 Å². The molecule has 1 atom stereocenters. The van der Waals surface area contributed by atoms with Gasteiger partial charge in [0.2, 0.25) is 0 Å². The molecule has 0 heterocycles. The Kier molecular flexibility index (Phi) is 7.07. The molecule has 1 unspecified atom stereocenters. The van der Waals surface area contributed by atoms with Crippen molar-refractivity contribution < 1.29 is 13.9 Å².